The molecule has 7 heteroatoms. The van der Waals surface area contributed by atoms with Gasteiger partial charge in [-0.05, 0) is 24.3 Å². The molecule has 0 aromatic carbocycles. The lowest BCUT2D eigenvalue weighted by Gasteiger charge is -2.30. The van der Waals surface area contributed by atoms with Crippen molar-refractivity contribution in [2.45, 2.75) is 19.3 Å². The first-order chi connectivity index (χ1) is 10.6. The van der Waals surface area contributed by atoms with Gasteiger partial charge in [0.25, 0.3) is 0 Å². The predicted octanol–water partition coefficient (Wildman–Crippen LogP) is 1.67. The molecular weight excluding hydrogens is 302 g/mol. The van der Waals surface area contributed by atoms with Crippen LogP contribution in [0.25, 0.3) is 10.8 Å². The summed E-state index contributed by atoms with van der Waals surface area (Å²) in [7, 11) is 0. The topological polar surface area (TPSA) is 89.4 Å². The van der Waals surface area contributed by atoms with Gasteiger partial charge in [0.05, 0.1) is 17.0 Å². The molecule has 3 rings (SSSR count). The molecule has 22 heavy (non-hydrogen) atoms. The molecule has 3 heterocycles. The number of hydrogen-bond acceptors (Lipinski definition) is 5. The Morgan fingerprint density at radius 2 is 2.18 bits per heavy atom. The lowest BCUT2D eigenvalue weighted by Crippen LogP contribution is -2.42. The predicted molar refractivity (Wildman–Crippen MR) is 82.0 cm³/mol. The zero-order valence-electron chi connectivity index (χ0n) is 12.0. The van der Waals surface area contributed by atoms with Gasteiger partial charge < -0.3 is 15.1 Å². The van der Waals surface area contributed by atoms with E-state index in [4.69, 9.17) is 10.2 Å². The van der Waals surface area contributed by atoms with Crippen molar-refractivity contribution < 1.29 is 14.0 Å². The number of piperidine rings is 1. The van der Waals surface area contributed by atoms with Crippen LogP contribution in [0.1, 0.15) is 18.5 Å². The van der Waals surface area contributed by atoms with Gasteiger partial charge in [-0.15, -0.1) is 11.3 Å². The number of carbonyl (C=O) groups excluding carboxylic acids is 2. The maximum atomic E-state index is 12.3. The van der Waals surface area contributed by atoms with E-state index in [1.807, 2.05) is 17.5 Å². The van der Waals surface area contributed by atoms with Crippen LogP contribution in [0.4, 0.5) is 0 Å². The molecule has 2 aromatic heterocycles. The molecule has 1 saturated heterocycles. The van der Waals surface area contributed by atoms with Gasteiger partial charge in [0.1, 0.15) is 6.26 Å². The van der Waals surface area contributed by atoms with Crippen LogP contribution >= 0.6 is 11.3 Å². The van der Waals surface area contributed by atoms with Gasteiger partial charge in [-0.25, -0.2) is 4.98 Å². The first-order valence-corrected chi connectivity index (χ1v) is 8.07. The van der Waals surface area contributed by atoms with Crippen LogP contribution in [0, 0.1) is 5.92 Å². The minimum absolute atomic E-state index is 0.00829. The number of primary amides is 1. The molecule has 1 aliphatic heterocycles. The van der Waals surface area contributed by atoms with E-state index in [-0.39, 0.29) is 24.2 Å². The Morgan fingerprint density at radius 3 is 2.82 bits per heavy atom. The number of rotatable bonds is 4. The molecule has 2 amide bonds. The van der Waals surface area contributed by atoms with Crippen LogP contribution in [0.15, 0.2) is 28.2 Å². The molecule has 0 spiro atoms. The number of hydrogen-bond donors (Lipinski definition) is 1. The number of aromatic nitrogens is 1. The largest absolute Gasteiger partial charge is 0.444 e. The SMILES string of the molecule is NC(=O)C1CCN(C(=O)Cc2coc(-c3cccs3)n2)CC1. The average Bonchev–Trinajstić information content (AvgIpc) is 3.18. The van der Waals surface area contributed by atoms with Crippen LogP contribution < -0.4 is 5.73 Å². The summed E-state index contributed by atoms with van der Waals surface area (Å²) in [4.78, 5) is 30.5. The van der Waals surface area contributed by atoms with Gasteiger partial charge in [0.2, 0.25) is 17.7 Å². The number of oxazole rings is 1. The van der Waals surface area contributed by atoms with Gasteiger partial charge in [-0.2, -0.15) is 0 Å². The maximum Gasteiger partial charge on any atom is 0.236 e. The Kier molecular flexibility index (Phi) is 4.24. The molecule has 0 unspecified atom stereocenters. The lowest BCUT2D eigenvalue weighted by atomic mass is 9.96. The summed E-state index contributed by atoms with van der Waals surface area (Å²) in [6.45, 7) is 1.14. The smallest absolute Gasteiger partial charge is 0.236 e. The average molecular weight is 319 g/mol. The summed E-state index contributed by atoms with van der Waals surface area (Å²) < 4.78 is 5.41. The first kappa shape index (κ1) is 14.8. The highest BCUT2D eigenvalue weighted by molar-refractivity contribution is 7.13. The van der Waals surface area contributed by atoms with E-state index in [0.29, 0.717) is 37.5 Å². The molecule has 0 bridgehead atoms. The summed E-state index contributed by atoms with van der Waals surface area (Å²) in [6, 6.07) is 3.86. The number of nitrogens with zero attached hydrogens (tertiary/aromatic N) is 2. The van der Waals surface area contributed by atoms with Crippen molar-refractivity contribution >= 4 is 23.2 Å². The second-order valence-corrected chi connectivity index (χ2v) is 6.30. The number of carbonyl (C=O) groups is 2. The van der Waals surface area contributed by atoms with E-state index in [9.17, 15) is 9.59 Å². The van der Waals surface area contributed by atoms with E-state index >= 15 is 0 Å². The molecule has 2 aromatic rings. The van der Waals surface area contributed by atoms with Gasteiger partial charge in [-0.3, -0.25) is 9.59 Å². The highest BCUT2D eigenvalue weighted by atomic mass is 32.1. The maximum absolute atomic E-state index is 12.3. The molecule has 2 N–H and O–H groups in total. The van der Waals surface area contributed by atoms with E-state index in [1.165, 1.54) is 6.26 Å². The Labute approximate surface area is 131 Å². The van der Waals surface area contributed by atoms with E-state index in [2.05, 4.69) is 4.98 Å². The fraction of sp³-hybridized carbons (Fsp3) is 0.400. The van der Waals surface area contributed by atoms with Crippen LogP contribution in [-0.4, -0.2) is 34.8 Å². The monoisotopic (exact) mass is 319 g/mol. The molecule has 0 atom stereocenters. The molecule has 1 aliphatic rings. The Morgan fingerprint density at radius 1 is 1.41 bits per heavy atom. The molecule has 0 radical (unpaired) electrons. The molecular formula is C15H17N3O3S. The highest BCUT2D eigenvalue weighted by Crippen LogP contribution is 2.24. The molecule has 0 aliphatic carbocycles. The third-order valence-corrected chi connectivity index (χ3v) is 4.72. The van der Waals surface area contributed by atoms with Crippen molar-refractivity contribution in [3.8, 4) is 10.8 Å². The van der Waals surface area contributed by atoms with Crippen molar-refractivity contribution in [2.24, 2.45) is 11.7 Å². The standard InChI is InChI=1S/C15H17N3O3S/c16-14(20)10-3-5-18(6-4-10)13(19)8-11-9-21-15(17-11)12-2-1-7-22-12/h1-2,7,9-10H,3-6,8H2,(H2,16,20). The normalized spacial score (nSPS) is 15.9. The second-order valence-electron chi connectivity index (χ2n) is 5.36. The lowest BCUT2D eigenvalue weighted by molar-refractivity contribution is -0.134. The minimum atomic E-state index is -0.274. The highest BCUT2D eigenvalue weighted by Gasteiger charge is 2.26. The summed E-state index contributed by atoms with van der Waals surface area (Å²) in [5, 5.41) is 1.95. The van der Waals surface area contributed by atoms with Crippen molar-refractivity contribution in [1.82, 2.24) is 9.88 Å². The van der Waals surface area contributed by atoms with Gasteiger partial charge in [-0.1, -0.05) is 6.07 Å². The first-order valence-electron chi connectivity index (χ1n) is 7.19. The number of amides is 2. The molecule has 0 saturated carbocycles. The van der Waals surface area contributed by atoms with Gasteiger partial charge >= 0.3 is 0 Å². The number of likely N-dealkylation sites (tertiary alicyclic amines) is 1. The Bertz CT molecular complexity index is 657. The van der Waals surface area contributed by atoms with Gasteiger partial charge in [0.15, 0.2) is 0 Å². The Hall–Kier alpha value is -2.15. The van der Waals surface area contributed by atoms with Crippen molar-refractivity contribution in [3.05, 3.63) is 29.5 Å². The van der Waals surface area contributed by atoms with E-state index in [0.717, 1.165) is 4.88 Å². The number of thiophene rings is 1. The summed E-state index contributed by atoms with van der Waals surface area (Å²) in [6.07, 6.45) is 3.03. The van der Waals surface area contributed by atoms with Crippen molar-refractivity contribution in [3.63, 3.8) is 0 Å². The summed E-state index contributed by atoms with van der Waals surface area (Å²) in [5.41, 5.74) is 5.93. The van der Waals surface area contributed by atoms with Crippen LogP contribution in [0.5, 0.6) is 0 Å². The third-order valence-electron chi connectivity index (χ3n) is 3.87. The molecule has 6 nitrogen and oxygen atoms in total. The zero-order valence-corrected chi connectivity index (χ0v) is 12.8. The zero-order chi connectivity index (χ0) is 15.5. The molecule has 1 fully saturated rings. The third kappa shape index (κ3) is 3.19. The minimum Gasteiger partial charge on any atom is -0.444 e. The van der Waals surface area contributed by atoms with E-state index < -0.39 is 0 Å². The van der Waals surface area contributed by atoms with Crippen LogP contribution in [-0.2, 0) is 16.0 Å². The van der Waals surface area contributed by atoms with Crippen LogP contribution in [0.3, 0.4) is 0 Å². The van der Waals surface area contributed by atoms with Crippen molar-refractivity contribution in [2.75, 3.05) is 13.1 Å². The molecule has 116 valence electrons. The fourth-order valence-corrected chi connectivity index (χ4v) is 3.24. The summed E-state index contributed by atoms with van der Waals surface area (Å²) in [5.74, 6) is 0.171. The fourth-order valence-electron chi connectivity index (χ4n) is 2.58. The van der Waals surface area contributed by atoms with E-state index in [1.54, 1.807) is 16.2 Å². The Balaban J connectivity index is 1.57. The second kappa shape index (κ2) is 6.31. The van der Waals surface area contributed by atoms with Crippen molar-refractivity contribution in [1.29, 1.82) is 0 Å². The van der Waals surface area contributed by atoms with Gasteiger partial charge in [0, 0.05) is 19.0 Å². The summed E-state index contributed by atoms with van der Waals surface area (Å²) >= 11 is 1.54. The quantitative estimate of drug-likeness (QED) is 0.928. The number of nitrogens with two attached hydrogens (primary N) is 1. The van der Waals surface area contributed by atoms with Crippen LogP contribution in [0.2, 0.25) is 0 Å².